The zero-order valence-corrected chi connectivity index (χ0v) is 9.88. The third-order valence-corrected chi connectivity index (χ3v) is 2.87. The van der Waals surface area contributed by atoms with Crippen molar-refractivity contribution in [1.82, 2.24) is 0 Å². The number of Topliss-reactive ketones (excluding diaryl/α,β-unsaturated/α-hetero) is 1. The van der Waals surface area contributed by atoms with Crippen molar-refractivity contribution in [3.63, 3.8) is 0 Å². The van der Waals surface area contributed by atoms with Gasteiger partial charge in [-0.2, -0.15) is 13.2 Å². The van der Waals surface area contributed by atoms with E-state index in [9.17, 15) is 18.0 Å². The van der Waals surface area contributed by atoms with E-state index >= 15 is 0 Å². The van der Waals surface area contributed by atoms with Crippen molar-refractivity contribution in [2.75, 3.05) is 6.61 Å². The summed E-state index contributed by atoms with van der Waals surface area (Å²) in [5, 5.41) is 0. The Kier molecular flexibility index (Phi) is 3.32. The number of carbonyl (C=O) groups excluding carboxylic acids is 1. The van der Waals surface area contributed by atoms with E-state index in [1.807, 2.05) is 0 Å². The van der Waals surface area contributed by atoms with Crippen LogP contribution in [0.15, 0.2) is 18.2 Å². The molecule has 98 valence electrons. The fourth-order valence-corrected chi connectivity index (χ4v) is 1.59. The van der Waals surface area contributed by atoms with Crippen LogP contribution in [0.5, 0.6) is 5.75 Å². The summed E-state index contributed by atoms with van der Waals surface area (Å²) in [5.74, 6) is -0.172. The van der Waals surface area contributed by atoms with Gasteiger partial charge in [0.1, 0.15) is 5.75 Å². The second-order valence-corrected chi connectivity index (χ2v) is 4.52. The van der Waals surface area contributed by atoms with E-state index in [-0.39, 0.29) is 23.7 Å². The summed E-state index contributed by atoms with van der Waals surface area (Å²) in [6, 6.07) is 3.25. The molecule has 0 spiro atoms. The lowest BCUT2D eigenvalue weighted by atomic mass is 10.1. The molecule has 2 rings (SSSR count). The third kappa shape index (κ3) is 3.03. The van der Waals surface area contributed by atoms with E-state index in [1.165, 1.54) is 19.1 Å². The van der Waals surface area contributed by atoms with Crippen LogP contribution in [0.25, 0.3) is 0 Å². The van der Waals surface area contributed by atoms with Gasteiger partial charge in [-0.25, -0.2) is 0 Å². The highest BCUT2D eigenvalue weighted by Gasteiger charge is 2.35. The highest BCUT2D eigenvalue weighted by atomic mass is 19.4. The molecule has 2 nitrogen and oxygen atoms in total. The molecule has 1 aromatic carbocycles. The second kappa shape index (κ2) is 4.63. The molecule has 1 aliphatic rings. The van der Waals surface area contributed by atoms with Crippen molar-refractivity contribution in [1.29, 1.82) is 0 Å². The van der Waals surface area contributed by atoms with Gasteiger partial charge in [-0.15, -0.1) is 0 Å². The first-order chi connectivity index (χ1) is 8.38. The number of ketones is 1. The minimum absolute atomic E-state index is 0.230. The van der Waals surface area contributed by atoms with Crippen LogP contribution >= 0.6 is 0 Å². The molecule has 1 fully saturated rings. The molecular formula is C13H13F3O2. The Morgan fingerprint density at radius 3 is 2.56 bits per heavy atom. The summed E-state index contributed by atoms with van der Waals surface area (Å²) in [6.07, 6.45) is -2.48. The van der Waals surface area contributed by atoms with Crippen LogP contribution in [-0.4, -0.2) is 12.4 Å². The Bertz CT molecular complexity index is 462. The first kappa shape index (κ1) is 12.9. The van der Waals surface area contributed by atoms with E-state index in [0.717, 1.165) is 18.9 Å². The van der Waals surface area contributed by atoms with Crippen LogP contribution in [0.4, 0.5) is 13.2 Å². The number of carbonyl (C=O) groups is 1. The normalized spacial score (nSPS) is 15.6. The van der Waals surface area contributed by atoms with Gasteiger partial charge in [0.15, 0.2) is 5.78 Å². The molecule has 1 aromatic rings. The largest absolute Gasteiger partial charge is 0.493 e. The van der Waals surface area contributed by atoms with Crippen LogP contribution < -0.4 is 4.74 Å². The zero-order valence-electron chi connectivity index (χ0n) is 9.88. The van der Waals surface area contributed by atoms with Crippen molar-refractivity contribution in [2.24, 2.45) is 5.92 Å². The molecule has 0 aliphatic heterocycles. The molecule has 0 heterocycles. The predicted octanol–water partition coefficient (Wildman–Crippen LogP) is 3.70. The third-order valence-electron chi connectivity index (χ3n) is 2.87. The number of hydrogen-bond acceptors (Lipinski definition) is 2. The van der Waals surface area contributed by atoms with Gasteiger partial charge in [0.05, 0.1) is 12.2 Å². The molecular weight excluding hydrogens is 245 g/mol. The smallest absolute Gasteiger partial charge is 0.419 e. The lowest BCUT2D eigenvalue weighted by Gasteiger charge is -2.14. The summed E-state index contributed by atoms with van der Waals surface area (Å²) in [5.41, 5.74) is -0.595. The Balaban J connectivity index is 2.29. The molecule has 0 atom stereocenters. The molecule has 1 aliphatic carbocycles. The molecule has 1 saturated carbocycles. The maximum absolute atomic E-state index is 12.8. The summed E-state index contributed by atoms with van der Waals surface area (Å²) in [6.45, 7) is 1.59. The molecule has 0 amide bonds. The van der Waals surface area contributed by atoms with Gasteiger partial charge in [0, 0.05) is 5.56 Å². The van der Waals surface area contributed by atoms with Crippen molar-refractivity contribution in [3.8, 4) is 5.75 Å². The SMILES string of the molecule is CC(=O)c1ccc(C(F)(F)F)c(OCC2CC2)c1. The van der Waals surface area contributed by atoms with Gasteiger partial charge in [-0.3, -0.25) is 4.79 Å². The van der Waals surface area contributed by atoms with Gasteiger partial charge in [-0.1, -0.05) is 6.07 Å². The Morgan fingerprint density at radius 2 is 2.06 bits per heavy atom. The van der Waals surface area contributed by atoms with E-state index < -0.39 is 11.7 Å². The molecule has 0 N–H and O–H groups in total. The molecule has 0 bridgehead atoms. The van der Waals surface area contributed by atoms with E-state index in [4.69, 9.17) is 4.74 Å². The standard InChI is InChI=1S/C13H13F3O2/c1-8(17)10-4-5-11(13(14,15)16)12(6-10)18-7-9-2-3-9/h4-6,9H,2-3,7H2,1H3. The molecule has 0 radical (unpaired) electrons. The highest BCUT2D eigenvalue weighted by Crippen LogP contribution is 2.38. The molecule has 0 unspecified atom stereocenters. The predicted molar refractivity (Wildman–Crippen MR) is 59.7 cm³/mol. The number of hydrogen-bond donors (Lipinski definition) is 0. The average molecular weight is 258 g/mol. The first-order valence-electron chi connectivity index (χ1n) is 5.73. The molecule has 5 heteroatoms. The van der Waals surface area contributed by atoms with Gasteiger partial charge >= 0.3 is 6.18 Å². The van der Waals surface area contributed by atoms with Gasteiger partial charge in [-0.05, 0) is 37.8 Å². The maximum Gasteiger partial charge on any atom is 0.419 e. The van der Waals surface area contributed by atoms with E-state index in [2.05, 4.69) is 0 Å². The lowest BCUT2D eigenvalue weighted by Crippen LogP contribution is -2.11. The van der Waals surface area contributed by atoms with Crippen LogP contribution in [0.1, 0.15) is 35.7 Å². The highest BCUT2D eigenvalue weighted by molar-refractivity contribution is 5.94. The van der Waals surface area contributed by atoms with Crippen LogP contribution in [-0.2, 0) is 6.18 Å². The van der Waals surface area contributed by atoms with Gasteiger partial charge in [0.2, 0.25) is 0 Å². The minimum atomic E-state index is -4.46. The number of benzene rings is 1. The van der Waals surface area contributed by atoms with Crippen molar-refractivity contribution < 1.29 is 22.7 Å². The maximum atomic E-state index is 12.8. The van der Waals surface area contributed by atoms with E-state index in [1.54, 1.807) is 0 Å². The number of ether oxygens (including phenoxy) is 1. The lowest BCUT2D eigenvalue weighted by molar-refractivity contribution is -0.139. The molecule has 0 aromatic heterocycles. The van der Waals surface area contributed by atoms with Gasteiger partial charge < -0.3 is 4.74 Å². The Labute approximate surface area is 103 Å². The fourth-order valence-electron chi connectivity index (χ4n) is 1.59. The summed E-state index contributed by atoms with van der Waals surface area (Å²) >= 11 is 0. The summed E-state index contributed by atoms with van der Waals surface area (Å²) < 4.78 is 43.5. The van der Waals surface area contributed by atoms with Crippen LogP contribution in [0.2, 0.25) is 0 Å². The summed E-state index contributed by atoms with van der Waals surface area (Å²) in [7, 11) is 0. The fraction of sp³-hybridized carbons (Fsp3) is 0.462. The van der Waals surface area contributed by atoms with Crippen molar-refractivity contribution >= 4 is 5.78 Å². The van der Waals surface area contributed by atoms with Crippen LogP contribution in [0.3, 0.4) is 0 Å². The average Bonchev–Trinajstić information content (AvgIpc) is 3.08. The monoisotopic (exact) mass is 258 g/mol. The van der Waals surface area contributed by atoms with Crippen molar-refractivity contribution in [3.05, 3.63) is 29.3 Å². The van der Waals surface area contributed by atoms with E-state index in [0.29, 0.717) is 5.92 Å². The number of halogens is 3. The summed E-state index contributed by atoms with van der Waals surface area (Å²) in [4.78, 5) is 11.2. The quantitative estimate of drug-likeness (QED) is 0.770. The minimum Gasteiger partial charge on any atom is -0.493 e. The Morgan fingerprint density at radius 1 is 1.39 bits per heavy atom. The topological polar surface area (TPSA) is 26.3 Å². The number of rotatable bonds is 4. The molecule has 0 saturated heterocycles. The first-order valence-corrected chi connectivity index (χ1v) is 5.73. The van der Waals surface area contributed by atoms with Crippen molar-refractivity contribution in [2.45, 2.75) is 25.9 Å². The Hall–Kier alpha value is -1.52. The second-order valence-electron chi connectivity index (χ2n) is 4.52. The van der Waals surface area contributed by atoms with Crippen LogP contribution in [0, 0.1) is 5.92 Å². The number of alkyl halides is 3. The molecule has 18 heavy (non-hydrogen) atoms. The zero-order chi connectivity index (χ0) is 13.3. The van der Waals surface area contributed by atoms with Gasteiger partial charge in [0.25, 0.3) is 0 Å².